The molecule has 7 heteroatoms. The molecule has 0 saturated carbocycles. The van der Waals surface area contributed by atoms with Gasteiger partial charge in [-0.1, -0.05) is 29.5 Å². The Balaban J connectivity index is 1.64. The molecule has 1 aromatic carbocycles. The molecule has 0 atom stereocenters. The van der Waals surface area contributed by atoms with Gasteiger partial charge in [0.2, 0.25) is 0 Å². The molecule has 6 nitrogen and oxygen atoms in total. The Morgan fingerprint density at radius 1 is 1.07 bits per heavy atom. The lowest BCUT2D eigenvalue weighted by Crippen LogP contribution is -2.32. The number of imidazole rings is 1. The minimum Gasteiger partial charge on any atom is -0.295 e. The smallest absolute Gasteiger partial charge is 0.279 e. The summed E-state index contributed by atoms with van der Waals surface area (Å²) < 4.78 is 2.89. The highest BCUT2D eigenvalue weighted by Crippen LogP contribution is 2.31. The molecule has 148 valence electrons. The average Bonchev–Trinajstić information content (AvgIpc) is 3.31. The lowest BCUT2D eigenvalue weighted by molar-refractivity contribution is 0.0978. The van der Waals surface area contributed by atoms with Crippen LogP contribution in [-0.4, -0.2) is 25.3 Å². The van der Waals surface area contributed by atoms with Crippen LogP contribution in [0, 0.1) is 13.8 Å². The van der Waals surface area contributed by atoms with Crippen molar-refractivity contribution in [1.29, 1.82) is 0 Å². The van der Waals surface area contributed by atoms with Crippen molar-refractivity contribution in [3.8, 4) is 0 Å². The monoisotopic (exact) mass is 413 g/mol. The molecule has 0 aliphatic rings. The van der Waals surface area contributed by atoms with E-state index in [1.807, 2.05) is 66.1 Å². The van der Waals surface area contributed by atoms with Gasteiger partial charge in [0.25, 0.3) is 5.91 Å². The van der Waals surface area contributed by atoms with Crippen molar-refractivity contribution < 1.29 is 4.79 Å². The Labute approximate surface area is 177 Å². The summed E-state index contributed by atoms with van der Waals surface area (Å²) in [5.41, 5.74) is 4.82. The van der Waals surface area contributed by atoms with E-state index in [4.69, 9.17) is 4.98 Å². The van der Waals surface area contributed by atoms with Crippen LogP contribution in [0.2, 0.25) is 0 Å². The molecule has 4 heterocycles. The van der Waals surface area contributed by atoms with Crippen LogP contribution >= 0.6 is 11.3 Å². The number of carbonyl (C=O) groups is 1. The van der Waals surface area contributed by atoms with Gasteiger partial charge in [-0.3, -0.25) is 19.1 Å². The Bertz CT molecular complexity index is 1370. The first kappa shape index (κ1) is 18.4. The van der Waals surface area contributed by atoms with Crippen LogP contribution in [0.15, 0.2) is 67.0 Å². The normalized spacial score (nSPS) is 11.3. The molecule has 0 saturated heterocycles. The first-order chi connectivity index (χ1) is 14.6. The Morgan fingerprint density at radius 2 is 1.93 bits per heavy atom. The van der Waals surface area contributed by atoms with Crippen LogP contribution in [0.4, 0.5) is 5.13 Å². The second-order valence-electron chi connectivity index (χ2n) is 7.15. The van der Waals surface area contributed by atoms with Gasteiger partial charge in [0.05, 0.1) is 28.1 Å². The van der Waals surface area contributed by atoms with Crippen LogP contribution in [0.25, 0.3) is 15.9 Å². The molecular weight excluding hydrogens is 394 g/mol. The Morgan fingerprint density at radius 3 is 2.77 bits per heavy atom. The minimum absolute atomic E-state index is 0.146. The summed E-state index contributed by atoms with van der Waals surface area (Å²) >= 11 is 1.51. The summed E-state index contributed by atoms with van der Waals surface area (Å²) in [7, 11) is 0. The second-order valence-corrected chi connectivity index (χ2v) is 8.16. The van der Waals surface area contributed by atoms with E-state index in [9.17, 15) is 4.79 Å². The van der Waals surface area contributed by atoms with Crippen LogP contribution in [0.5, 0.6) is 0 Å². The fraction of sp³-hybridized carbons (Fsp3) is 0.130. The number of rotatable bonds is 4. The maximum Gasteiger partial charge on any atom is 0.279 e. The number of benzene rings is 1. The highest BCUT2D eigenvalue weighted by atomic mass is 32.1. The van der Waals surface area contributed by atoms with Gasteiger partial charge in [-0.15, -0.1) is 0 Å². The number of thiazole rings is 1. The number of carbonyl (C=O) groups excluding carboxylic acids is 1. The van der Waals surface area contributed by atoms with E-state index in [1.54, 1.807) is 11.1 Å². The second kappa shape index (κ2) is 7.35. The Hall–Kier alpha value is -3.58. The minimum atomic E-state index is -0.146. The van der Waals surface area contributed by atoms with Crippen LogP contribution in [0.1, 0.15) is 27.4 Å². The fourth-order valence-electron chi connectivity index (χ4n) is 3.51. The molecule has 1 amide bonds. The third-order valence-electron chi connectivity index (χ3n) is 4.96. The van der Waals surface area contributed by atoms with Gasteiger partial charge in [-0.05, 0) is 55.8 Å². The van der Waals surface area contributed by atoms with E-state index >= 15 is 0 Å². The van der Waals surface area contributed by atoms with Crippen molar-refractivity contribution in [3.05, 3.63) is 89.6 Å². The lowest BCUT2D eigenvalue weighted by atomic mass is 10.2. The zero-order chi connectivity index (χ0) is 20.7. The number of hydrogen-bond donors (Lipinski definition) is 0. The van der Waals surface area contributed by atoms with E-state index in [0.29, 0.717) is 23.1 Å². The van der Waals surface area contributed by atoms with Gasteiger partial charge in [0.15, 0.2) is 5.13 Å². The van der Waals surface area contributed by atoms with Gasteiger partial charge >= 0.3 is 0 Å². The third-order valence-corrected chi connectivity index (χ3v) is 6.00. The first-order valence-electron chi connectivity index (χ1n) is 9.63. The number of pyridine rings is 2. The standard InChI is InChI=1S/C23H19N5OS/c1-15-9-10-18-19(13-15)30-23(26-18)28(14-17-7-3-5-11-24-17)22(29)21-16(2)25-20-8-4-6-12-27(20)21/h3-13H,14H2,1-2H3. The van der Waals surface area contributed by atoms with Crippen LogP contribution < -0.4 is 4.90 Å². The third kappa shape index (κ3) is 3.23. The summed E-state index contributed by atoms with van der Waals surface area (Å²) in [6.45, 7) is 4.25. The van der Waals surface area contributed by atoms with Gasteiger partial charge < -0.3 is 0 Å². The quantitative estimate of drug-likeness (QED) is 0.424. The molecule has 30 heavy (non-hydrogen) atoms. The van der Waals surface area contributed by atoms with Crippen molar-refractivity contribution >= 4 is 38.2 Å². The maximum absolute atomic E-state index is 13.8. The van der Waals surface area contributed by atoms with Gasteiger partial charge in [-0.2, -0.15) is 0 Å². The van der Waals surface area contributed by atoms with E-state index in [1.165, 1.54) is 11.3 Å². The molecule has 5 aromatic rings. The largest absolute Gasteiger partial charge is 0.295 e. The molecule has 0 N–H and O–H groups in total. The van der Waals surface area contributed by atoms with E-state index < -0.39 is 0 Å². The predicted octanol–water partition coefficient (Wildman–Crippen LogP) is 4.80. The summed E-state index contributed by atoms with van der Waals surface area (Å²) in [5, 5.41) is 0.650. The topological polar surface area (TPSA) is 63.4 Å². The highest BCUT2D eigenvalue weighted by molar-refractivity contribution is 7.22. The van der Waals surface area contributed by atoms with Crippen molar-refractivity contribution in [3.63, 3.8) is 0 Å². The summed E-state index contributed by atoms with van der Waals surface area (Å²) in [6, 6.07) is 17.5. The molecule has 0 aliphatic heterocycles. The number of aryl methyl sites for hydroxylation is 2. The predicted molar refractivity (Wildman–Crippen MR) is 119 cm³/mol. The van der Waals surface area contributed by atoms with E-state index in [0.717, 1.165) is 27.1 Å². The lowest BCUT2D eigenvalue weighted by Gasteiger charge is -2.19. The zero-order valence-corrected chi connectivity index (χ0v) is 17.4. The molecule has 0 spiro atoms. The number of fused-ring (bicyclic) bond motifs is 2. The van der Waals surface area contributed by atoms with Gasteiger partial charge in [-0.25, -0.2) is 9.97 Å². The van der Waals surface area contributed by atoms with E-state index in [-0.39, 0.29) is 5.91 Å². The molecule has 4 aromatic heterocycles. The van der Waals surface area contributed by atoms with Crippen LogP contribution in [-0.2, 0) is 6.54 Å². The number of nitrogens with zero attached hydrogens (tertiary/aromatic N) is 5. The molecule has 0 aliphatic carbocycles. The SMILES string of the molecule is Cc1ccc2nc(N(Cc3ccccn3)C(=O)c3c(C)nc4ccccn34)sc2c1. The molecule has 0 bridgehead atoms. The molecule has 0 unspecified atom stereocenters. The van der Waals surface area contributed by atoms with Crippen molar-refractivity contribution in [2.24, 2.45) is 0 Å². The molecule has 0 fully saturated rings. The number of anilines is 1. The zero-order valence-electron chi connectivity index (χ0n) is 16.6. The molecule has 0 radical (unpaired) electrons. The highest BCUT2D eigenvalue weighted by Gasteiger charge is 2.26. The van der Waals surface area contributed by atoms with Crippen LogP contribution in [0.3, 0.4) is 0 Å². The van der Waals surface area contributed by atoms with Gasteiger partial charge in [0, 0.05) is 12.4 Å². The Kier molecular flexibility index (Phi) is 4.52. The van der Waals surface area contributed by atoms with Crippen molar-refractivity contribution in [2.45, 2.75) is 20.4 Å². The summed E-state index contributed by atoms with van der Waals surface area (Å²) in [5.74, 6) is -0.146. The number of amides is 1. The van der Waals surface area contributed by atoms with Gasteiger partial charge in [0.1, 0.15) is 11.3 Å². The van der Waals surface area contributed by atoms with Crippen molar-refractivity contribution in [1.82, 2.24) is 19.4 Å². The first-order valence-corrected chi connectivity index (χ1v) is 10.4. The summed E-state index contributed by atoms with van der Waals surface area (Å²) in [6.07, 6.45) is 3.60. The number of hydrogen-bond acceptors (Lipinski definition) is 5. The van der Waals surface area contributed by atoms with E-state index in [2.05, 4.69) is 23.0 Å². The summed E-state index contributed by atoms with van der Waals surface area (Å²) in [4.78, 5) is 29.2. The maximum atomic E-state index is 13.8. The number of aromatic nitrogens is 4. The molecular formula is C23H19N5OS. The molecule has 5 rings (SSSR count). The fourth-order valence-corrected chi connectivity index (χ4v) is 4.58. The van der Waals surface area contributed by atoms with Crippen molar-refractivity contribution in [2.75, 3.05) is 4.90 Å². The average molecular weight is 414 g/mol.